The lowest BCUT2D eigenvalue weighted by Crippen LogP contribution is -2.27. The van der Waals surface area contributed by atoms with Crippen molar-refractivity contribution in [2.75, 3.05) is 12.4 Å². The third-order valence-corrected chi connectivity index (χ3v) is 5.26. The van der Waals surface area contributed by atoms with E-state index >= 15 is 0 Å². The molecule has 5 heteroatoms. The van der Waals surface area contributed by atoms with Gasteiger partial charge in [-0.05, 0) is 31.1 Å². The monoisotopic (exact) mass is 310 g/mol. The summed E-state index contributed by atoms with van der Waals surface area (Å²) in [6.45, 7) is 4.81. The molecular weight excluding hydrogens is 284 g/mol. The summed E-state index contributed by atoms with van der Waals surface area (Å²) in [5.74, 6) is 0.849. The van der Waals surface area contributed by atoms with Crippen molar-refractivity contribution in [1.29, 1.82) is 0 Å². The van der Waals surface area contributed by atoms with Crippen LogP contribution in [0.4, 0.5) is 0 Å². The zero-order chi connectivity index (χ0) is 14.3. The van der Waals surface area contributed by atoms with Gasteiger partial charge in [-0.25, -0.2) is 8.42 Å². The molecule has 0 aliphatic heterocycles. The fourth-order valence-electron chi connectivity index (χ4n) is 2.94. The van der Waals surface area contributed by atoms with Crippen LogP contribution in [0.15, 0.2) is 0 Å². The molecule has 0 aromatic carbocycles. The average molecular weight is 311 g/mol. The highest BCUT2D eigenvalue weighted by atomic mass is 35.7. The highest BCUT2D eigenvalue weighted by molar-refractivity contribution is 8.13. The van der Waals surface area contributed by atoms with Crippen LogP contribution in [-0.2, 0) is 13.8 Å². The maximum Gasteiger partial charge on any atom is 0.232 e. The van der Waals surface area contributed by atoms with Gasteiger partial charge in [0.15, 0.2) is 0 Å². The molecule has 0 radical (unpaired) electrons. The molecular formula is C14H27ClO3S. The summed E-state index contributed by atoms with van der Waals surface area (Å²) in [6, 6.07) is 0. The molecule has 0 N–H and O–H groups in total. The van der Waals surface area contributed by atoms with E-state index in [4.69, 9.17) is 15.4 Å². The van der Waals surface area contributed by atoms with Gasteiger partial charge in [-0.3, -0.25) is 0 Å². The largest absolute Gasteiger partial charge is 0.378 e. The molecule has 0 amide bonds. The van der Waals surface area contributed by atoms with Gasteiger partial charge in [-0.1, -0.05) is 39.5 Å². The maximum absolute atomic E-state index is 11.2. The Hall–Kier alpha value is 0.200. The van der Waals surface area contributed by atoms with Gasteiger partial charge in [0.05, 0.1) is 18.5 Å². The molecule has 0 spiro atoms. The smallest absolute Gasteiger partial charge is 0.232 e. The fraction of sp³-hybridized carbons (Fsp3) is 1.00. The second kappa shape index (κ2) is 8.48. The second-order valence-corrected chi connectivity index (χ2v) is 8.58. The number of halogens is 1. The average Bonchev–Trinajstić information content (AvgIpc) is 2.35. The Balaban J connectivity index is 2.38. The lowest BCUT2D eigenvalue weighted by Gasteiger charge is -2.29. The molecule has 0 heterocycles. The molecule has 0 aromatic heterocycles. The summed E-state index contributed by atoms with van der Waals surface area (Å²) in [5.41, 5.74) is 0. The minimum Gasteiger partial charge on any atom is -0.378 e. The van der Waals surface area contributed by atoms with Crippen molar-refractivity contribution >= 4 is 19.7 Å². The molecule has 3 atom stereocenters. The normalized spacial score (nSPS) is 26.3. The first-order chi connectivity index (χ1) is 8.94. The van der Waals surface area contributed by atoms with Gasteiger partial charge in [-0.2, -0.15) is 0 Å². The van der Waals surface area contributed by atoms with Crippen molar-refractivity contribution in [3.8, 4) is 0 Å². The van der Waals surface area contributed by atoms with Crippen molar-refractivity contribution < 1.29 is 13.2 Å². The lowest BCUT2D eigenvalue weighted by molar-refractivity contribution is -0.00376. The molecule has 114 valence electrons. The second-order valence-electron chi connectivity index (χ2n) is 5.76. The summed E-state index contributed by atoms with van der Waals surface area (Å²) >= 11 is 0. The molecule has 0 aromatic rings. The lowest BCUT2D eigenvalue weighted by atomic mass is 9.85. The van der Waals surface area contributed by atoms with E-state index in [0.29, 0.717) is 12.7 Å². The standard InChI is InChI=1S/C14H27ClO3S/c1-3-6-13(11-19(15,16)17)10-18-14-8-5-7-12(4-2)9-14/h12-14H,3-11H2,1-2H3. The van der Waals surface area contributed by atoms with Crippen LogP contribution in [0.5, 0.6) is 0 Å². The third-order valence-electron chi connectivity index (χ3n) is 4.01. The first-order valence-corrected chi connectivity index (χ1v) is 9.96. The summed E-state index contributed by atoms with van der Waals surface area (Å²) in [6.07, 6.45) is 8.13. The van der Waals surface area contributed by atoms with Gasteiger partial charge in [0.25, 0.3) is 0 Å². The van der Waals surface area contributed by atoms with E-state index in [9.17, 15) is 8.42 Å². The maximum atomic E-state index is 11.2. The first-order valence-electron chi connectivity index (χ1n) is 7.48. The van der Waals surface area contributed by atoms with Gasteiger partial charge >= 0.3 is 0 Å². The molecule has 1 saturated carbocycles. The molecule has 1 fully saturated rings. The highest BCUT2D eigenvalue weighted by Gasteiger charge is 2.23. The third kappa shape index (κ3) is 7.52. The van der Waals surface area contributed by atoms with Gasteiger partial charge in [0, 0.05) is 10.7 Å². The Labute approximate surface area is 122 Å². The van der Waals surface area contributed by atoms with E-state index in [1.165, 1.54) is 19.3 Å². The van der Waals surface area contributed by atoms with Crippen molar-refractivity contribution in [2.45, 2.75) is 64.9 Å². The number of ether oxygens (including phenoxy) is 1. The summed E-state index contributed by atoms with van der Waals surface area (Å²) in [7, 11) is 1.93. The summed E-state index contributed by atoms with van der Waals surface area (Å²) in [5, 5.41) is 0. The highest BCUT2D eigenvalue weighted by Crippen LogP contribution is 2.29. The Morgan fingerprint density at radius 3 is 2.63 bits per heavy atom. The minimum absolute atomic E-state index is 0.0340. The summed E-state index contributed by atoms with van der Waals surface area (Å²) in [4.78, 5) is 0. The molecule has 0 saturated heterocycles. The van der Waals surface area contributed by atoms with Crippen LogP contribution in [0.25, 0.3) is 0 Å². The van der Waals surface area contributed by atoms with Crippen molar-refractivity contribution in [1.82, 2.24) is 0 Å². The van der Waals surface area contributed by atoms with Gasteiger partial charge < -0.3 is 4.74 Å². The SMILES string of the molecule is CCCC(COC1CCCC(CC)C1)CS(=O)(=O)Cl. The fourth-order valence-corrected chi connectivity index (χ4v) is 4.30. The van der Waals surface area contributed by atoms with E-state index in [-0.39, 0.29) is 11.7 Å². The van der Waals surface area contributed by atoms with Crippen LogP contribution in [0.3, 0.4) is 0 Å². The van der Waals surface area contributed by atoms with Crippen molar-refractivity contribution in [2.24, 2.45) is 11.8 Å². The number of hydrogen-bond acceptors (Lipinski definition) is 3. The zero-order valence-electron chi connectivity index (χ0n) is 12.1. The van der Waals surface area contributed by atoms with Gasteiger partial charge in [-0.15, -0.1) is 0 Å². The molecule has 3 nitrogen and oxygen atoms in total. The van der Waals surface area contributed by atoms with E-state index in [0.717, 1.165) is 31.6 Å². The molecule has 1 aliphatic rings. The van der Waals surface area contributed by atoms with Crippen molar-refractivity contribution in [3.63, 3.8) is 0 Å². The van der Waals surface area contributed by atoms with Gasteiger partial charge in [0.1, 0.15) is 0 Å². The molecule has 1 rings (SSSR count). The number of rotatable bonds is 8. The molecule has 1 aliphatic carbocycles. The van der Waals surface area contributed by atoms with Crippen LogP contribution >= 0.6 is 10.7 Å². The van der Waals surface area contributed by atoms with Crippen LogP contribution in [0.2, 0.25) is 0 Å². The van der Waals surface area contributed by atoms with E-state index < -0.39 is 9.05 Å². The Morgan fingerprint density at radius 1 is 1.32 bits per heavy atom. The molecule has 3 unspecified atom stereocenters. The van der Waals surface area contributed by atoms with Crippen LogP contribution < -0.4 is 0 Å². The first kappa shape index (κ1) is 17.3. The van der Waals surface area contributed by atoms with E-state index in [1.54, 1.807) is 0 Å². The van der Waals surface area contributed by atoms with E-state index in [2.05, 4.69) is 13.8 Å². The summed E-state index contributed by atoms with van der Waals surface area (Å²) < 4.78 is 28.3. The van der Waals surface area contributed by atoms with Crippen molar-refractivity contribution in [3.05, 3.63) is 0 Å². The number of hydrogen-bond donors (Lipinski definition) is 0. The van der Waals surface area contributed by atoms with Crippen LogP contribution in [0, 0.1) is 11.8 Å². The predicted molar refractivity (Wildman–Crippen MR) is 80.0 cm³/mol. The molecule has 0 bridgehead atoms. The quantitative estimate of drug-likeness (QED) is 0.637. The molecule has 19 heavy (non-hydrogen) atoms. The minimum atomic E-state index is -3.42. The predicted octanol–water partition coefficient (Wildman–Crippen LogP) is 3.96. The zero-order valence-corrected chi connectivity index (χ0v) is 13.7. The Morgan fingerprint density at radius 2 is 2.05 bits per heavy atom. The van der Waals surface area contributed by atoms with Crippen LogP contribution in [-0.4, -0.2) is 26.9 Å². The van der Waals surface area contributed by atoms with E-state index in [1.807, 2.05) is 0 Å². The Kier molecular flexibility index (Phi) is 7.70. The topological polar surface area (TPSA) is 43.4 Å². The Bertz CT molecular complexity index is 343. The van der Waals surface area contributed by atoms with Crippen LogP contribution in [0.1, 0.15) is 58.8 Å². The van der Waals surface area contributed by atoms with Gasteiger partial charge in [0.2, 0.25) is 9.05 Å².